The lowest BCUT2D eigenvalue weighted by molar-refractivity contribution is 0.261. The highest BCUT2D eigenvalue weighted by molar-refractivity contribution is 5.98. The summed E-state index contributed by atoms with van der Waals surface area (Å²) in [6.45, 7) is 1.92. The van der Waals surface area contributed by atoms with Gasteiger partial charge < -0.3 is 9.73 Å². The summed E-state index contributed by atoms with van der Waals surface area (Å²) in [4.78, 5) is 12.0. The largest absolute Gasteiger partial charge is 0.407 e. The number of carbonyl (C=O) groups is 1. The summed E-state index contributed by atoms with van der Waals surface area (Å²) >= 11 is 0. The van der Waals surface area contributed by atoms with E-state index in [9.17, 15) is 4.79 Å². The van der Waals surface area contributed by atoms with E-state index >= 15 is 0 Å². The number of rotatable bonds is 4. The third kappa shape index (κ3) is 3.94. The van der Waals surface area contributed by atoms with Crippen molar-refractivity contribution in [3.8, 4) is 0 Å². The Morgan fingerprint density at radius 1 is 1.00 bits per heavy atom. The number of hydrogen-bond acceptors (Lipinski definition) is 4. The van der Waals surface area contributed by atoms with Gasteiger partial charge in [-0.2, -0.15) is 0 Å². The molecule has 3 rings (SSSR count). The summed E-state index contributed by atoms with van der Waals surface area (Å²) < 4.78 is 5.43. The number of urea groups is 1. The van der Waals surface area contributed by atoms with Crippen molar-refractivity contribution < 1.29 is 9.21 Å². The Balaban J connectivity index is 1.60. The fourth-order valence-corrected chi connectivity index (χ4v) is 2.11. The summed E-state index contributed by atoms with van der Waals surface area (Å²) in [7, 11) is 0. The topological polar surface area (TPSA) is 80.0 Å². The van der Waals surface area contributed by atoms with Crippen LogP contribution >= 0.6 is 0 Å². The van der Waals surface area contributed by atoms with E-state index < -0.39 is 6.03 Å². The highest BCUT2D eigenvalue weighted by atomic mass is 16.4. The molecule has 2 N–H and O–H groups in total. The molecule has 2 aromatic carbocycles. The van der Waals surface area contributed by atoms with Crippen LogP contribution in [-0.4, -0.2) is 16.2 Å². The van der Waals surface area contributed by atoms with Gasteiger partial charge >= 0.3 is 12.0 Å². The lowest BCUT2D eigenvalue weighted by atomic mass is 10.2. The van der Waals surface area contributed by atoms with Crippen LogP contribution in [0.2, 0.25) is 0 Å². The normalized spacial score (nSPS) is 10.3. The van der Waals surface area contributed by atoms with Gasteiger partial charge in [0.2, 0.25) is 5.89 Å². The van der Waals surface area contributed by atoms with E-state index in [1.807, 2.05) is 61.5 Å². The average molecular weight is 308 g/mol. The lowest BCUT2D eigenvalue weighted by Gasteiger charge is -2.07. The van der Waals surface area contributed by atoms with Crippen molar-refractivity contribution in [3.05, 3.63) is 71.6 Å². The number of anilines is 2. The van der Waals surface area contributed by atoms with Crippen LogP contribution < -0.4 is 10.6 Å². The van der Waals surface area contributed by atoms with Gasteiger partial charge in [-0.05, 0) is 24.1 Å². The fraction of sp³-hybridized carbons (Fsp3) is 0.118. The maximum Gasteiger partial charge on any atom is 0.327 e. The second-order valence-electron chi connectivity index (χ2n) is 5.06. The maximum atomic E-state index is 12.0. The van der Waals surface area contributed by atoms with Gasteiger partial charge in [0.05, 0.1) is 6.42 Å². The third-order valence-electron chi connectivity index (χ3n) is 3.28. The Kier molecular flexibility index (Phi) is 4.33. The van der Waals surface area contributed by atoms with Gasteiger partial charge in [-0.1, -0.05) is 53.6 Å². The van der Waals surface area contributed by atoms with Crippen LogP contribution in [0, 0.1) is 6.92 Å². The Morgan fingerprint density at radius 3 is 2.52 bits per heavy atom. The van der Waals surface area contributed by atoms with Crippen molar-refractivity contribution in [2.24, 2.45) is 0 Å². The van der Waals surface area contributed by atoms with Crippen molar-refractivity contribution in [1.29, 1.82) is 0 Å². The predicted octanol–water partition coefficient (Wildman–Crippen LogP) is 3.61. The SMILES string of the molecule is Cc1ccccc1NC(=O)Nc1nnc(Cc2ccccc2)o1. The van der Waals surface area contributed by atoms with Crippen LogP contribution in [0.4, 0.5) is 16.5 Å². The summed E-state index contributed by atoms with van der Waals surface area (Å²) in [5.41, 5.74) is 2.76. The van der Waals surface area contributed by atoms with Gasteiger partial charge in [0.15, 0.2) is 0 Å². The summed E-state index contributed by atoms with van der Waals surface area (Å²) in [5, 5.41) is 13.0. The number of benzene rings is 2. The molecule has 0 bridgehead atoms. The summed E-state index contributed by atoms with van der Waals surface area (Å²) in [5.74, 6) is 0.447. The molecule has 3 aromatic rings. The molecule has 0 aliphatic carbocycles. The molecule has 0 saturated carbocycles. The van der Waals surface area contributed by atoms with Crippen LogP contribution in [-0.2, 0) is 6.42 Å². The van der Waals surface area contributed by atoms with Crippen molar-refractivity contribution in [2.45, 2.75) is 13.3 Å². The zero-order valence-electron chi connectivity index (χ0n) is 12.6. The first-order valence-electron chi connectivity index (χ1n) is 7.20. The van der Waals surface area contributed by atoms with E-state index in [-0.39, 0.29) is 6.01 Å². The third-order valence-corrected chi connectivity index (χ3v) is 3.28. The molecular formula is C17H16N4O2. The molecule has 23 heavy (non-hydrogen) atoms. The predicted molar refractivity (Wildman–Crippen MR) is 87.4 cm³/mol. The number of carbonyl (C=O) groups excluding carboxylic acids is 1. The zero-order chi connectivity index (χ0) is 16.1. The van der Waals surface area contributed by atoms with Crippen LogP contribution in [0.3, 0.4) is 0 Å². The molecule has 6 nitrogen and oxygen atoms in total. The van der Waals surface area contributed by atoms with E-state index in [1.165, 1.54) is 0 Å². The number of nitrogens with zero attached hydrogens (tertiary/aromatic N) is 2. The minimum Gasteiger partial charge on any atom is -0.407 e. The number of hydrogen-bond donors (Lipinski definition) is 2. The lowest BCUT2D eigenvalue weighted by Crippen LogP contribution is -2.20. The minimum atomic E-state index is -0.422. The Morgan fingerprint density at radius 2 is 1.74 bits per heavy atom. The molecule has 0 radical (unpaired) electrons. The molecule has 0 saturated heterocycles. The molecule has 1 aromatic heterocycles. The maximum absolute atomic E-state index is 12.0. The van der Waals surface area contributed by atoms with E-state index in [1.54, 1.807) is 0 Å². The van der Waals surface area contributed by atoms with Gasteiger partial charge in [0.25, 0.3) is 0 Å². The van der Waals surface area contributed by atoms with E-state index in [0.29, 0.717) is 12.3 Å². The molecule has 0 aliphatic heterocycles. The number of nitrogens with one attached hydrogen (secondary N) is 2. The highest BCUT2D eigenvalue weighted by Crippen LogP contribution is 2.14. The number of amides is 2. The second-order valence-corrected chi connectivity index (χ2v) is 5.06. The van der Waals surface area contributed by atoms with Gasteiger partial charge in [0, 0.05) is 5.69 Å². The van der Waals surface area contributed by atoms with Gasteiger partial charge in [0.1, 0.15) is 0 Å². The molecule has 6 heteroatoms. The van der Waals surface area contributed by atoms with Crippen LogP contribution in [0.25, 0.3) is 0 Å². The molecule has 0 spiro atoms. The molecule has 0 unspecified atom stereocenters. The van der Waals surface area contributed by atoms with Crippen LogP contribution in [0.1, 0.15) is 17.0 Å². The van der Waals surface area contributed by atoms with Gasteiger partial charge in [-0.25, -0.2) is 4.79 Å². The first kappa shape index (κ1) is 14.8. The molecule has 2 amide bonds. The standard InChI is InChI=1S/C17H16N4O2/c1-12-7-5-6-10-14(12)18-16(22)19-17-21-20-15(23-17)11-13-8-3-2-4-9-13/h2-10H,11H2,1H3,(H2,18,19,21,22). The smallest absolute Gasteiger partial charge is 0.327 e. The monoisotopic (exact) mass is 308 g/mol. The van der Waals surface area contributed by atoms with Crippen LogP contribution in [0.15, 0.2) is 59.0 Å². The first-order chi connectivity index (χ1) is 11.2. The van der Waals surface area contributed by atoms with E-state index in [2.05, 4.69) is 20.8 Å². The van der Waals surface area contributed by atoms with Crippen molar-refractivity contribution >= 4 is 17.7 Å². The zero-order valence-corrected chi connectivity index (χ0v) is 12.6. The number of aromatic nitrogens is 2. The highest BCUT2D eigenvalue weighted by Gasteiger charge is 2.11. The quantitative estimate of drug-likeness (QED) is 0.771. The Bertz CT molecular complexity index is 799. The second kappa shape index (κ2) is 6.74. The van der Waals surface area contributed by atoms with E-state index in [4.69, 9.17) is 4.42 Å². The molecule has 0 atom stereocenters. The molecule has 116 valence electrons. The number of aryl methyl sites for hydroxylation is 1. The average Bonchev–Trinajstić information content (AvgIpc) is 2.97. The van der Waals surface area contributed by atoms with Crippen molar-refractivity contribution in [2.75, 3.05) is 10.6 Å². The summed E-state index contributed by atoms with van der Waals surface area (Å²) in [6, 6.07) is 16.9. The Hall–Kier alpha value is -3.15. The van der Waals surface area contributed by atoms with Crippen molar-refractivity contribution in [3.63, 3.8) is 0 Å². The number of para-hydroxylation sites is 1. The Labute approximate surface area is 133 Å². The van der Waals surface area contributed by atoms with Crippen molar-refractivity contribution in [1.82, 2.24) is 10.2 Å². The minimum absolute atomic E-state index is 0.0713. The molecule has 1 heterocycles. The van der Waals surface area contributed by atoms with Gasteiger partial charge in [-0.15, -0.1) is 5.10 Å². The molecule has 0 fully saturated rings. The summed E-state index contributed by atoms with van der Waals surface area (Å²) in [6.07, 6.45) is 0.523. The molecule has 0 aliphatic rings. The van der Waals surface area contributed by atoms with Gasteiger partial charge in [-0.3, -0.25) is 5.32 Å². The fourth-order valence-electron chi connectivity index (χ4n) is 2.11. The molecular weight excluding hydrogens is 292 g/mol. The van der Waals surface area contributed by atoms with E-state index in [0.717, 1.165) is 16.8 Å². The van der Waals surface area contributed by atoms with Crippen LogP contribution in [0.5, 0.6) is 0 Å². The first-order valence-corrected chi connectivity index (χ1v) is 7.20.